The summed E-state index contributed by atoms with van der Waals surface area (Å²) in [5, 5.41) is 0. The number of allylic oxidation sites excluding steroid dienone is 4. The summed E-state index contributed by atoms with van der Waals surface area (Å²) in [5.41, 5.74) is 4.18. The quantitative estimate of drug-likeness (QED) is 0.319. The molecule has 0 spiro atoms. The van der Waals surface area contributed by atoms with Gasteiger partial charge < -0.3 is 9.30 Å². The van der Waals surface area contributed by atoms with E-state index in [1.165, 1.54) is 7.11 Å². The zero-order valence-electron chi connectivity index (χ0n) is 19.2. The van der Waals surface area contributed by atoms with Gasteiger partial charge in [0, 0.05) is 52.7 Å². The van der Waals surface area contributed by atoms with Gasteiger partial charge in [-0.1, -0.05) is 25.0 Å². The third kappa shape index (κ3) is 4.96. The number of unbranched alkanes of at least 4 members (excludes halogenated alkanes) is 2. The number of hydrogen-bond acceptors (Lipinski definition) is 5. The lowest BCUT2D eigenvalue weighted by Crippen LogP contribution is -2.24. The van der Waals surface area contributed by atoms with Crippen molar-refractivity contribution < 1.29 is 19.1 Å². The van der Waals surface area contributed by atoms with Crippen molar-refractivity contribution >= 4 is 17.5 Å². The summed E-state index contributed by atoms with van der Waals surface area (Å²) in [6, 6.07) is 8.04. The maximum Gasteiger partial charge on any atom is 0.305 e. The van der Waals surface area contributed by atoms with E-state index >= 15 is 0 Å². The van der Waals surface area contributed by atoms with Crippen LogP contribution in [0.3, 0.4) is 0 Å². The topological polar surface area (TPSA) is 78.3 Å². The summed E-state index contributed by atoms with van der Waals surface area (Å²) < 4.78 is 6.62. The number of carbonyl (C=O) groups is 3. The Balaban J connectivity index is 1.87. The molecule has 32 heavy (non-hydrogen) atoms. The molecule has 1 atom stereocenters. The molecule has 1 heterocycles. The van der Waals surface area contributed by atoms with Crippen LogP contribution in [0, 0.1) is 0 Å². The highest BCUT2D eigenvalue weighted by Crippen LogP contribution is 2.38. The Kier molecular flexibility index (Phi) is 7.57. The molecule has 1 aromatic heterocycles. The van der Waals surface area contributed by atoms with Gasteiger partial charge in [0.2, 0.25) is 0 Å². The van der Waals surface area contributed by atoms with Crippen molar-refractivity contribution in [3.8, 4) is 5.69 Å². The van der Waals surface area contributed by atoms with E-state index in [2.05, 4.69) is 4.98 Å². The number of rotatable bonds is 9. The maximum atomic E-state index is 13.2. The molecule has 1 unspecified atom stereocenters. The molecule has 1 aliphatic rings. The van der Waals surface area contributed by atoms with Gasteiger partial charge in [-0.25, -0.2) is 4.98 Å². The Labute approximate surface area is 189 Å². The number of ketones is 2. The van der Waals surface area contributed by atoms with Crippen LogP contribution in [-0.4, -0.2) is 34.2 Å². The number of esters is 1. The highest BCUT2D eigenvalue weighted by molar-refractivity contribution is 6.25. The van der Waals surface area contributed by atoms with Crippen LogP contribution in [0.25, 0.3) is 5.69 Å². The molecule has 0 saturated carbocycles. The molecule has 0 amide bonds. The van der Waals surface area contributed by atoms with Crippen molar-refractivity contribution in [3.05, 3.63) is 70.8 Å². The van der Waals surface area contributed by atoms with Crippen LogP contribution < -0.4 is 0 Å². The number of carbonyl (C=O) groups excluding carboxylic acids is 3. The van der Waals surface area contributed by atoms with E-state index in [1.807, 2.05) is 35.0 Å². The monoisotopic (exact) mass is 434 g/mol. The van der Waals surface area contributed by atoms with Gasteiger partial charge in [-0.2, -0.15) is 0 Å². The van der Waals surface area contributed by atoms with Crippen molar-refractivity contribution in [2.45, 2.75) is 58.8 Å². The number of aromatic nitrogens is 2. The van der Waals surface area contributed by atoms with Crippen molar-refractivity contribution in [3.63, 3.8) is 0 Å². The third-order valence-electron chi connectivity index (χ3n) is 6.28. The number of hydrogen-bond donors (Lipinski definition) is 0. The predicted octanol–water partition coefficient (Wildman–Crippen LogP) is 4.88. The van der Waals surface area contributed by atoms with Crippen LogP contribution in [0.5, 0.6) is 0 Å². The van der Waals surface area contributed by atoms with E-state index in [9.17, 15) is 14.4 Å². The lowest BCUT2D eigenvalue weighted by atomic mass is 9.75. The predicted molar refractivity (Wildman–Crippen MR) is 122 cm³/mol. The van der Waals surface area contributed by atoms with E-state index < -0.39 is 0 Å². The van der Waals surface area contributed by atoms with Crippen molar-refractivity contribution in [2.75, 3.05) is 7.11 Å². The highest BCUT2D eigenvalue weighted by atomic mass is 16.5. The molecule has 6 heteroatoms. The van der Waals surface area contributed by atoms with E-state index in [1.54, 1.807) is 33.3 Å². The summed E-state index contributed by atoms with van der Waals surface area (Å²) in [4.78, 5) is 41.5. The average molecular weight is 435 g/mol. The SMILES string of the molecule is COC(=O)CCCCCC(C1=C(C)C(=O)C(C)=C(C)C1=O)c1ccc(-n2ccnc2)cc1. The number of methoxy groups -OCH3 is 1. The fraction of sp³-hybridized carbons (Fsp3) is 0.385. The number of ether oxygens (including phenoxy) is 1. The van der Waals surface area contributed by atoms with Crippen LogP contribution in [-0.2, 0) is 19.1 Å². The van der Waals surface area contributed by atoms with Crippen LogP contribution >= 0.6 is 0 Å². The van der Waals surface area contributed by atoms with Crippen LogP contribution in [0.2, 0.25) is 0 Å². The standard InChI is InChI=1S/C26H30N2O4/c1-17-18(2)26(31)24(19(3)25(17)30)22(8-6-5-7-9-23(29)32-4)20-10-12-21(13-11-20)28-15-14-27-16-28/h10-16,22H,5-9H2,1-4H3. The molecule has 0 radical (unpaired) electrons. The molecule has 1 aliphatic carbocycles. The number of Topliss-reactive ketones (excluding diaryl/α,β-unsaturated/α-hetero) is 2. The normalized spacial score (nSPS) is 15.4. The summed E-state index contributed by atoms with van der Waals surface area (Å²) >= 11 is 0. The molecule has 3 rings (SSSR count). The molecule has 0 saturated heterocycles. The molecule has 1 aromatic carbocycles. The summed E-state index contributed by atoms with van der Waals surface area (Å²) in [7, 11) is 1.39. The van der Waals surface area contributed by atoms with Crippen molar-refractivity contribution in [1.29, 1.82) is 0 Å². The molecule has 0 aliphatic heterocycles. The zero-order chi connectivity index (χ0) is 23.3. The van der Waals surface area contributed by atoms with Crippen molar-refractivity contribution in [2.24, 2.45) is 0 Å². The van der Waals surface area contributed by atoms with Gasteiger partial charge in [0.1, 0.15) is 0 Å². The largest absolute Gasteiger partial charge is 0.469 e. The molecule has 0 N–H and O–H groups in total. The highest BCUT2D eigenvalue weighted by Gasteiger charge is 2.33. The smallest absolute Gasteiger partial charge is 0.305 e. The molecule has 168 valence electrons. The molecule has 6 nitrogen and oxygen atoms in total. The van der Waals surface area contributed by atoms with Crippen molar-refractivity contribution in [1.82, 2.24) is 9.55 Å². The average Bonchev–Trinajstić information content (AvgIpc) is 3.35. The van der Waals surface area contributed by atoms with Crippen LogP contribution in [0.1, 0.15) is 64.4 Å². The van der Waals surface area contributed by atoms with Crippen LogP contribution in [0.4, 0.5) is 0 Å². The number of imidazole rings is 1. The lowest BCUT2D eigenvalue weighted by molar-refractivity contribution is -0.140. The molecular weight excluding hydrogens is 404 g/mol. The maximum absolute atomic E-state index is 13.2. The second-order valence-electron chi connectivity index (χ2n) is 8.24. The van der Waals surface area contributed by atoms with E-state index in [0.717, 1.165) is 36.9 Å². The lowest BCUT2D eigenvalue weighted by Gasteiger charge is -2.26. The summed E-state index contributed by atoms with van der Waals surface area (Å²) in [6.45, 7) is 5.21. The minimum atomic E-state index is -0.209. The first kappa shape index (κ1) is 23.4. The summed E-state index contributed by atoms with van der Waals surface area (Å²) in [6.07, 6.45) is 8.88. The van der Waals surface area contributed by atoms with E-state index in [-0.39, 0.29) is 23.5 Å². The molecule has 2 aromatic rings. The Bertz CT molecular complexity index is 1060. The molecular formula is C26H30N2O4. The Morgan fingerprint density at radius 2 is 1.66 bits per heavy atom. The minimum Gasteiger partial charge on any atom is -0.469 e. The minimum absolute atomic E-state index is 0.0437. The fourth-order valence-corrected chi connectivity index (χ4v) is 4.20. The first-order valence-electron chi connectivity index (χ1n) is 11.0. The first-order valence-corrected chi connectivity index (χ1v) is 11.0. The number of nitrogens with zero attached hydrogens (tertiary/aromatic N) is 2. The van der Waals surface area contributed by atoms with Gasteiger partial charge in [0.15, 0.2) is 11.6 Å². The Morgan fingerprint density at radius 3 is 2.28 bits per heavy atom. The second-order valence-corrected chi connectivity index (χ2v) is 8.24. The van der Waals surface area contributed by atoms with Gasteiger partial charge in [0.25, 0.3) is 0 Å². The molecule has 0 fully saturated rings. The summed E-state index contributed by atoms with van der Waals surface area (Å²) in [5.74, 6) is -0.482. The zero-order valence-corrected chi connectivity index (χ0v) is 19.2. The van der Waals surface area contributed by atoms with Gasteiger partial charge in [-0.15, -0.1) is 0 Å². The van der Waals surface area contributed by atoms with Gasteiger partial charge >= 0.3 is 5.97 Å². The molecule has 0 bridgehead atoms. The van der Waals surface area contributed by atoms with Gasteiger partial charge in [-0.3, -0.25) is 14.4 Å². The van der Waals surface area contributed by atoms with Gasteiger partial charge in [0.05, 0.1) is 13.4 Å². The number of benzene rings is 1. The Hall–Kier alpha value is -3.28. The van der Waals surface area contributed by atoms with E-state index in [4.69, 9.17) is 4.74 Å². The fourth-order valence-electron chi connectivity index (χ4n) is 4.20. The van der Waals surface area contributed by atoms with Crippen LogP contribution in [0.15, 0.2) is 65.3 Å². The van der Waals surface area contributed by atoms with Gasteiger partial charge in [-0.05, 0) is 51.3 Å². The second kappa shape index (κ2) is 10.4. The van der Waals surface area contributed by atoms with E-state index in [0.29, 0.717) is 28.7 Å². The first-order chi connectivity index (χ1) is 15.3. The third-order valence-corrected chi connectivity index (χ3v) is 6.28. The Morgan fingerprint density at radius 1 is 0.969 bits per heavy atom.